The van der Waals surface area contributed by atoms with E-state index in [0.29, 0.717) is 11.9 Å². The largest absolute Gasteiger partial charge is 0.383 e. The van der Waals surface area contributed by atoms with Gasteiger partial charge in [0.15, 0.2) is 0 Å². The molecule has 0 amide bonds. The maximum Gasteiger partial charge on any atom is 0.203 e. The zero-order valence-electron chi connectivity index (χ0n) is 11.2. The van der Waals surface area contributed by atoms with E-state index in [-0.39, 0.29) is 0 Å². The van der Waals surface area contributed by atoms with Gasteiger partial charge in [0, 0.05) is 31.6 Å². The predicted molar refractivity (Wildman–Crippen MR) is 74.9 cm³/mol. The number of aryl methyl sites for hydroxylation is 2. The number of rotatable bonds is 8. The smallest absolute Gasteiger partial charge is 0.203 e. The lowest BCUT2D eigenvalue weighted by Crippen LogP contribution is -2.13. The Morgan fingerprint density at radius 2 is 2.35 bits per heavy atom. The van der Waals surface area contributed by atoms with Gasteiger partial charge in [-0.25, -0.2) is 4.98 Å². The fraction of sp³-hybridized carbons (Fsp3) is 0.750. The summed E-state index contributed by atoms with van der Waals surface area (Å²) in [5.41, 5.74) is 1.06. The summed E-state index contributed by atoms with van der Waals surface area (Å²) in [5, 5.41) is 3.98. The van der Waals surface area contributed by atoms with Gasteiger partial charge in [0.1, 0.15) is 0 Å². The first-order chi connectivity index (χ1) is 8.17. The molecule has 0 aromatic carbocycles. The van der Waals surface area contributed by atoms with Crippen molar-refractivity contribution in [3.63, 3.8) is 0 Å². The minimum Gasteiger partial charge on any atom is -0.383 e. The van der Waals surface area contributed by atoms with Crippen molar-refractivity contribution in [2.75, 3.05) is 31.8 Å². The fourth-order valence-corrected chi connectivity index (χ4v) is 1.90. The summed E-state index contributed by atoms with van der Waals surface area (Å²) in [4.78, 5) is 4.48. The lowest BCUT2D eigenvalue weighted by atomic mass is 10.3. The average Bonchev–Trinajstić information content (AvgIpc) is 2.67. The molecular formula is C12H23N3OS. The molecule has 1 heterocycles. The molecule has 0 aliphatic carbocycles. The van der Waals surface area contributed by atoms with Crippen LogP contribution in [0.25, 0.3) is 0 Å². The number of anilines is 1. The molecule has 0 spiro atoms. The molecule has 0 saturated carbocycles. The molecule has 1 rings (SSSR count). The molecule has 5 heteroatoms. The molecule has 17 heavy (non-hydrogen) atoms. The van der Waals surface area contributed by atoms with E-state index in [2.05, 4.69) is 34.2 Å². The van der Waals surface area contributed by atoms with Crippen molar-refractivity contribution < 1.29 is 4.74 Å². The highest BCUT2D eigenvalue weighted by Gasteiger charge is 2.06. The summed E-state index contributed by atoms with van der Waals surface area (Å²) < 4.78 is 7.22. The Hall–Kier alpha value is -0.680. The topological polar surface area (TPSA) is 39.1 Å². The number of hydrogen-bond donors (Lipinski definition) is 1. The van der Waals surface area contributed by atoms with Crippen LogP contribution in [0.4, 0.5) is 5.95 Å². The first-order valence-corrected chi connectivity index (χ1v) is 7.25. The molecule has 1 aromatic heterocycles. The second-order valence-electron chi connectivity index (χ2n) is 4.15. The highest BCUT2D eigenvalue weighted by molar-refractivity contribution is 7.99. The third-order valence-corrected chi connectivity index (χ3v) is 3.71. The SMILES string of the molecule is COCCNc1nc(C)cn1CCC(C)SC. The zero-order valence-corrected chi connectivity index (χ0v) is 12.0. The number of imidazole rings is 1. The van der Waals surface area contributed by atoms with Crippen LogP contribution in [0.5, 0.6) is 0 Å². The summed E-state index contributed by atoms with van der Waals surface area (Å²) in [6, 6.07) is 0. The Morgan fingerprint density at radius 3 is 3.00 bits per heavy atom. The third-order valence-electron chi connectivity index (χ3n) is 2.67. The Labute approximate surface area is 108 Å². The summed E-state index contributed by atoms with van der Waals surface area (Å²) in [6.45, 7) is 6.79. The van der Waals surface area contributed by atoms with Crippen molar-refractivity contribution in [2.45, 2.75) is 32.1 Å². The molecule has 0 fully saturated rings. The van der Waals surface area contributed by atoms with Crippen LogP contribution in [-0.4, -0.2) is 41.3 Å². The first-order valence-electron chi connectivity index (χ1n) is 5.96. The lowest BCUT2D eigenvalue weighted by Gasteiger charge is -2.12. The van der Waals surface area contributed by atoms with Gasteiger partial charge in [-0.3, -0.25) is 0 Å². The molecule has 0 aliphatic rings. The van der Waals surface area contributed by atoms with Crippen LogP contribution in [0.1, 0.15) is 19.0 Å². The highest BCUT2D eigenvalue weighted by Crippen LogP contribution is 2.14. The van der Waals surface area contributed by atoms with Crippen molar-refractivity contribution in [3.05, 3.63) is 11.9 Å². The molecule has 1 unspecified atom stereocenters. The van der Waals surface area contributed by atoms with Crippen LogP contribution >= 0.6 is 11.8 Å². The predicted octanol–water partition coefficient (Wildman–Crippen LogP) is 2.39. The van der Waals surface area contributed by atoms with Gasteiger partial charge >= 0.3 is 0 Å². The van der Waals surface area contributed by atoms with E-state index in [4.69, 9.17) is 4.74 Å². The van der Waals surface area contributed by atoms with Crippen LogP contribution in [0.3, 0.4) is 0 Å². The number of hydrogen-bond acceptors (Lipinski definition) is 4. The van der Waals surface area contributed by atoms with Crippen LogP contribution < -0.4 is 5.32 Å². The normalized spacial score (nSPS) is 12.7. The van der Waals surface area contributed by atoms with Gasteiger partial charge in [-0.1, -0.05) is 6.92 Å². The second-order valence-corrected chi connectivity index (χ2v) is 5.43. The standard InChI is InChI=1S/C12H23N3OS/c1-10-9-15(7-5-11(2)17-4)12(14-10)13-6-8-16-3/h9,11H,5-8H2,1-4H3,(H,13,14). The third kappa shape index (κ3) is 5.00. The van der Waals surface area contributed by atoms with Crippen molar-refractivity contribution in [2.24, 2.45) is 0 Å². The summed E-state index contributed by atoms with van der Waals surface area (Å²) >= 11 is 1.90. The lowest BCUT2D eigenvalue weighted by molar-refractivity contribution is 0.210. The Kier molecular flexibility index (Phi) is 6.44. The molecule has 1 aromatic rings. The Balaban J connectivity index is 2.51. The molecule has 4 nitrogen and oxygen atoms in total. The fourth-order valence-electron chi connectivity index (χ4n) is 1.56. The molecule has 0 bridgehead atoms. The summed E-state index contributed by atoms with van der Waals surface area (Å²) in [7, 11) is 1.71. The second kappa shape index (κ2) is 7.61. The van der Waals surface area contributed by atoms with Crippen LogP contribution in [0.15, 0.2) is 6.20 Å². The quantitative estimate of drug-likeness (QED) is 0.726. The Morgan fingerprint density at radius 1 is 1.59 bits per heavy atom. The van der Waals surface area contributed by atoms with Gasteiger partial charge in [0.2, 0.25) is 5.95 Å². The average molecular weight is 257 g/mol. The van der Waals surface area contributed by atoms with E-state index in [0.717, 1.165) is 31.2 Å². The first kappa shape index (κ1) is 14.4. The van der Waals surface area contributed by atoms with Gasteiger partial charge in [-0.05, 0) is 19.6 Å². The maximum absolute atomic E-state index is 5.02. The van der Waals surface area contributed by atoms with Crippen molar-refractivity contribution in [1.82, 2.24) is 9.55 Å². The van der Waals surface area contributed by atoms with E-state index in [9.17, 15) is 0 Å². The Bertz CT molecular complexity index is 328. The number of methoxy groups -OCH3 is 1. The van der Waals surface area contributed by atoms with Gasteiger partial charge < -0.3 is 14.6 Å². The molecule has 1 atom stereocenters. The number of ether oxygens (including phenoxy) is 1. The van der Waals surface area contributed by atoms with Crippen LogP contribution in [0, 0.1) is 6.92 Å². The minimum atomic E-state index is 0.685. The van der Waals surface area contributed by atoms with E-state index < -0.39 is 0 Å². The van der Waals surface area contributed by atoms with Crippen LogP contribution in [-0.2, 0) is 11.3 Å². The molecule has 0 aliphatic heterocycles. The molecular weight excluding hydrogens is 234 g/mol. The van der Waals surface area contributed by atoms with Crippen molar-refractivity contribution in [3.8, 4) is 0 Å². The van der Waals surface area contributed by atoms with Gasteiger partial charge in [0.05, 0.1) is 12.3 Å². The van der Waals surface area contributed by atoms with Gasteiger partial charge in [-0.2, -0.15) is 11.8 Å². The monoisotopic (exact) mass is 257 g/mol. The van der Waals surface area contributed by atoms with E-state index in [1.165, 1.54) is 0 Å². The van der Waals surface area contributed by atoms with Crippen LogP contribution in [0.2, 0.25) is 0 Å². The molecule has 0 saturated heterocycles. The van der Waals surface area contributed by atoms with E-state index in [1.54, 1.807) is 7.11 Å². The summed E-state index contributed by atoms with van der Waals surface area (Å²) in [6.07, 6.45) is 5.42. The number of nitrogens with one attached hydrogen (secondary N) is 1. The van der Waals surface area contributed by atoms with Gasteiger partial charge in [-0.15, -0.1) is 0 Å². The zero-order chi connectivity index (χ0) is 12.7. The van der Waals surface area contributed by atoms with Crippen molar-refractivity contribution >= 4 is 17.7 Å². The molecule has 98 valence electrons. The number of aromatic nitrogens is 2. The molecule has 1 N–H and O–H groups in total. The van der Waals surface area contributed by atoms with E-state index >= 15 is 0 Å². The van der Waals surface area contributed by atoms with Crippen molar-refractivity contribution in [1.29, 1.82) is 0 Å². The van der Waals surface area contributed by atoms with Gasteiger partial charge in [0.25, 0.3) is 0 Å². The van der Waals surface area contributed by atoms with E-state index in [1.807, 2.05) is 18.7 Å². The minimum absolute atomic E-state index is 0.685. The summed E-state index contributed by atoms with van der Waals surface area (Å²) in [5.74, 6) is 0.952. The highest BCUT2D eigenvalue weighted by atomic mass is 32.2. The maximum atomic E-state index is 5.02. The molecule has 0 radical (unpaired) electrons. The number of nitrogens with zero attached hydrogens (tertiary/aromatic N) is 2. The number of thioether (sulfide) groups is 1.